The van der Waals surface area contributed by atoms with Crippen LogP contribution in [0.15, 0.2) is 24.5 Å². The number of carbonyl (C=O) groups excluding carboxylic acids is 1. The highest BCUT2D eigenvalue weighted by molar-refractivity contribution is 5.88. The molecule has 1 aromatic rings. The van der Waals surface area contributed by atoms with Crippen LogP contribution in [0.1, 0.15) is 12.8 Å². The number of ether oxygens (including phenoxy) is 1. The van der Waals surface area contributed by atoms with Gasteiger partial charge in [0, 0.05) is 31.5 Å². The first-order valence-electron chi connectivity index (χ1n) is 6.82. The Morgan fingerprint density at radius 1 is 1.45 bits per heavy atom. The van der Waals surface area contributed by atoms with Crippen molar-refractivity contribution in [3.05, 3.63) is 24.5 Å². The van der Waals surface area contributed by atoms with Crippen LogP contribution in [0.25, 0.3) is 0 Å². The van der Waals surface area contributed by atoms with Crippen molar-refractivity contribution in [2.45, 2.75) is 18.4 Å². The summed E-state index contributed by atoms with van der Waals surface area (Å²) in [7, 11) is 4.10. The van der Waals surface area contributed by atoms with Crippen LogP contribution in [0.3, 0.4) is 0 Å². The van der Waals surface area contributed by atoms with Crippen LogP contribution >= 0.6 is 0 Å². The molecule has 6 heteroatoms. The van der Waals surface area contributed by atoms with Crippen molar-refractivity contribution in [1.82, 2.24) is 15.2 Å². The first-order chi connectivity index (χ1) is 9.62. The molecule has 2 rings (SSSR count). The Hall–Kier alpha value is -1.66. The summed E-state index contributed by atoms with van der Waals surface area (Å²) in [4.78, 5) is 18.1. The fourth-order valence-electron chi connectivity index (χ4n) is 2.39. The topological polar surface area (TPSA) is 66.5 Å². The third-order valence-corrected chi connectivity index (χ3v) is 3.87. The Morgan fingerprint density at radius 3 is 2.80 bits per heavy atom. The summed E-state index contributed by atoms with van der Waals surface area (Å²) in [6.07, 6.45) is 5.14. The Bertz CT molecular complexity index is 430. The van der Waals surface area contributed by atoms with Crippen molar-refractivity contribution in [1.29, 1.82) is 0 Å². The number of likely N-dealkylation sites (N-methyl/N-ethyl adjacent to an activating group) is 1. The SMILES string of the molecule is CN(C)C1(CNC(=O)Nc2cccnc2)CCOCC1. The van der Waals surface area contributed by atoms with E-state index in [4.69, 9.17) is 4.74 Å². The number of hydrogen-bond donors (Lipinski definition) is 2. The largest absolute Gasteiger partial charge is 0.381 e. The molecule has 20 heavy (non-hydrogen) atoms. The average molecular weight is 278 g/mol. The summed E-state index contributed by atoms with van der Waals surface area (Å²) in [6.45, 7) is 2.09. The number of urea groups is 1. The molecular weight excluding hydrogens is 256 g/mol. The zero-order valence-corrected chi connectivity index (χ0v) is 12.1. The molecule has 0 bridgehead atoms. The van der Waals surface area contributed by atoms with E-state index in [-0.39, 0.29) is 11.6 Å². The number of carbonyl (C=O) groups is 1. The molecule has 0 unspecified atom stereocenters. The molecule has 0 atom stereocenters. The van der Waals surface area contributed by atoms with Crippen molar-refractivity contribution in [2.24, 2.45) is 0 Å². The highest BCUT2D eigenvalue weighted by Crippen LogP contribution is 2.25. The monoisotopic (exact) mass is 278 g/mol. The number of nitrogens with zero attached hydrogens (tertiary/aromatic N) is 2. The summed E-state index contributed by atoms with van der Waals surface area (Å²) < 4.78 is 5.41. The Morgan fingerprint density at radius 2 is 2.20 bits per heavy atom. The van der Waals surface area contributed by atoms with Crippen molar-refractivity contribution >= 4 is 11.7 Å². The van der Waals surface area contributed by atoms with Crippen LogP contribution in [-0.4, -0.2) is 55.3 Å². The van der Waals surface area contributed by atoms with E-state index in [2.05, 4.69) is 20.5 Å². The Kier molecular flexibility index (Phi) is 4.92. The molecule has 2 amide bonds. The quantitative estimate of drug-likeness (QED) is 0.871. The minimum atomic E-state index is -0.203. The first kappa shape index (κ1) is 14.7. The fourth-order valence-corrected chi connectivity index (χ4v) is 2.39. The summed E-state index contributed by atoms with van der Waals surface area (Å²) in [5.74, 6) is 0. The van der Waals surface area contributed by atoms with Gasteiger partial charge in [-0.25, -0.2) is 4.79 Å². The molecule has 1 saturated heterocycles. The van der Waals surface area contributed by atoms with E-state index >= 15 is 0 Å². The van der Waals surface area contributed by atoms with E-state index in [1.54, 1.807) is 18.5 Å². The molecule has 1 fully saturated rings. The normalized spacial score (nSPS) is 17.8. The van der Waals surface area contributed by atoms with Gasteiger partial charge in [-0.2, -0.15) is 0 Å². The number of hydrogen-bond acceptors (Lipinski definition) is 4. The molecule has 1 aliphatic heterocycles. The Labute approximate surface area is 119 Å². The molecule has 6 nitrogen and oxygen atoms in total. The van der Waals surface area contributed by atoms with Gasteiger partial charge in [-0.3, -0.25) is 4.98 Å². The molecule has 2 heterocycles. The van der Waals surface area contributed by atoms with Crippen LogP contribution in [-0.2, 0) is 4.74 Å². The third-order valence-electron chi connectivity index (χ3n) is 3.87. The third kappa shape index (κ3) is 3.68. The predicted molar refractivity (Wildman–Crippen MR) is 77.7 cm³/mol. The van der Waals surface area contributed by atoms with Crippen molar-refractivity contribution in [3.63, 3.8) is 0 Å². The lowest BCUT2D eigenvalue weighted by Gasteiger charge is -2.42. The molecule has 0 aliphatic carbocycles. The van der Waals surface area contributed by atoms with Gasteiger partial charge in [0.25, 0.3) is 0 Å². The maximum atomic E-state index is 11.9. The predicted octanol–water partition coefficient (Wildman–Crippen LogP) is 1.31. The van der Waals surface area contributed by atoms with Crippen LogP contribution in [0.5, 0.6) is 0 Å². The van der Waals surface area contributed by atoms with Crippen LogP contribution < -0.4 is 10.6 Å². The molecule has 0 aromatic carbocycles. The number of nitrogens with one attached hydrogen (secondary N) is 2. The van der Waals surface area contributed by atoms with Gasteiger partial charge in [0.05, 0.1) is 11.9 Å². The maximum Gasteiger partial charge on any atom is 0.319 e. The van der Waals surface area contributed by atoms with Gasteiger partial charge < -0.3 is 20.3 Å². The van der Waals surface area contributed by atoms with Gasteiger partial charge in [-0.05, 0) is 39.1 Å². The number of rotatable bonds is 4. The molecule has 0 spiro atoms. The lowest BCUT2D eigenvalue weighted by atomic mass is 9.88. The van der Waals surface area contributed by atoms with Gasteiger partial charge in [0.1, 0.15) is 0 Å². The Balaban J connectivity index is 1.88. The number of anilines is 1. The molecule has 0 radical (unpaired) electrons. The molecule has 1 aliphatic rings. The molecule has 2 N–H and O–H groups in total. The lowest BCUT2D eigenvalue weighted by Crippen LogP contribution is -2.56. The molecular formula is C14H22N4O2. The van der Waals surface area contributed by atoms with Gasteiger partial charge in [-0.15, -0.1) is 0 Å². The summed E-state index contributed by atoms with van der Waals surface area (Å²) in [5, 5.41) is 5.72. The smallest absolute Gasteiger partial charge is 0.319 e. The highest BCUT2D eigenvalue weighted by atomic mass is 16.5. The van der Waals surface area contributed by atoms with Gasteiger partial charge in [0.2, 0.25) is 0 Å². The van der Waals surface area contributed by atoms with Gasteiger partial charge in [-0.1, -0.05) is 0 Å². The van der Waals surface area contributed by atoms with E-state index in [1.165, 1.54) is 0 Å². The fraction of sp³-hybridized carbons (Fsp3) is 0.571. The number of amides is 2. The maximum absolute atomic E-state index is 11.9. The molecule has 110 valence electrons. The van der Waals surface area contributed by atoms with E-state index in [0.29, 0.717) is 12.2 Å². The van der Waals surface area contributed by atoms with Crippen LogP contribution in [0, 0.1) is 0 Å². The van der Waals surface area contributed by atoms with Crippen molar-refractivity contribution in [3.8, 4) is 0 Å². The van der Waals surface area contributed by atoms with E-state index in [9.17, 15) is 4.79 Å². The van der Waals surface area contributed by atoms with Crippen molar-refractivity contribution < 1.29 is 9.53 Å². The minimum Gasteiger partial charge on any atom is -0.381 e. The summed E-state index contributed by atoms with van der Waals surface area (Å²) in [5.41, 5.74) is 0.667. The lowest BCUT2D eigenvalue weighted by molar-refractivity contribution is -0.00553. The highest BCUT2D eigenvalue weighted by Gasteiger charge is 2.35. The second kappa shape index (κ2) is 6.67. The standard InChI is InChI=1S/C14H22N4O2/c1-18(2)14(5-8-20-9-6-14)11-16-13(19)17-12-4-3-7-15-10-12/h3-4,7,10H,5-6,8-9,11H2,1-2H3,(H2,16,17,19). The number of pyridine rings is 1. The van der Waals surface area contributed by atoms with Crippen LogP contribution in [0.4, 0.5) is 10.5 Å². The molecule has 0 saturated carbocycles. The number of aromatic nitrogens is 1. The van der Waals surface area contributed by atoms with Crippen molar-refractivity contribution in [2.75, 3.05) is 39.2 Å². The average Bonchev–Trinajstić information content (AvgIpc) is 2.47. The van der Waals surface area contributed by atoms with E-state index < -0.39 is 0 Å². The summed E-state index contributed by atoms with van der Waals surface area (Å²) in [6, 6.07) is 3.39. The zero-order valence-electron chi connectivity index (χ0n) is 12.1. The zero-order chi connectivity index (χ0) is 14.4. The minimum absolute atomic E-state index is 0.0233. The summed E-state index contributed by atoms with van der Waals surface area (Å²) >= 11 is 0. The molecule has 1 aromatic heterocycles. The van der Waals surface area contributed by atoms with Gasteiger partial charge >= 0.3 is 6.03 Å². The van der Waals surface area contributed by atoms with Gasteiger partial charge in [0.15, 0.2) is 0 Å². The first-order valence-corrected chi connectivity index (χ1v) is 6.82. The van der Waals surface area contributed by atoms with E-state index in [0.717, 1.165) is 26.1 Å². The van der Waals surface area contributed by atoms with Crippen LogP contribution in [0.2, 0.25) is 0 Å². The second-order valence-electron chi connectivity index (χ2n) is 5.28. The van der Waals surface area contributed by atoms with E-state index in [1.807, 2.05) is 20.2 Å². The second-order valence-corrected chi connectivity index (χ2v) is 5.28.